The quantitative estimate of drug-likeness (QED) is 0.874. The second-order valence-corrected chi connectivity index (χ2v) is 4.59. The molecule has 0 aliphatic carbocycles. The Morgan fingerprint density at radius 1 is 1.33 bits per heavy atom. The molecule has 100 valence electrons. The highest BCUT2D eigenvalue weighted by molar-refractivity contribution is 5.34. The minimum atomic E-state index is 0.691. The minimum absolute atomic E-state index is 0.691. The lowest BCUT2D eigenvalue weighted by Gasteiger charge is -2.20. The van der Waals surface area contributed by atoms with E-state index in [1.807, 2.05) is 13.0 Å². The van der Waals surface area contributed by atoms with Gasteiger partial charge in [0.1, 0.15) is 0 Å². The Balaban J connectivity index is 2.12. The highest BCUT2D eigenvalue weighted by Gasteiger charge is 2.13. The van der Waals surface area contributed by atoms with E-state index in [4.69, 9.17) is 4.74 Å². The summed E-state index contributed by atoms with van der Waals surface area (Å²) in [6, 6.07) is 1.90. The van der Waals surface area contributed by atoms with Gasteiger partial charge in [0.05, 0.1) is 6.61 Å². The summed E-state index contributed by atoms with van der Waals surface area (Å²) in [7, 11) is 0. The zero-order valence-corrected chi connectivity index (χ0v) is 11.3. The first-order chi connectivity index (χ1) is 8.79. The lowest BCUT2D eigenvalue weighted by molar-refractivity contribution is 0.304. The van der Waals surface area contributed by atoms with Crippen molar-refractivity contribution in [3.05, 3.63) is 11.8 Å². The summed E-state index contributed by atoms with van der Waals surface area (Å²) >= 11 is 0. The van der Waals surface area contributed by atoms with E-state index >= 15 is 0 Å². The van der Waals surface area contributed by atoms with Crippen molar-refractivity contribution in [2.75, 3.05) is 37.7 Å². The van der Waals surface area contributed by atoms with Crippen molar-refractivity contribution >= 4 is 5.95 Å². The number of anilines is 1. The number of hydrogen-bond acceptors (Lipinski definition) is 5. The molecule has 1 N–H and O–H groups in total. The van der Waals surface area contributed by atoms with Gasteiger partial charge < -0.3 is 15.0 Å². The van der Waals surface area contributed by atoms with E-state index in [1.165, 1.54) is 0 Å². The standard InChI is InChI=1S/C13H22N4O/c1-3-9-18-12-10-11(2)15-13(16-12)17-7-4-5-14-6-8-17/h10,14H,3-9H2,1-2H3. The molecule has 0 radical (unpaired) electrons. The predicted molar refractivity (Wildman–Crippen MR) is 72.3 cm³/mol. The molecule has 0 aromatic carbocycles. The van der Waals surface area contributed by atoms with Crippen LogP contribution in [0, 0.1) is 6.92 Å². The number of nitrogens with zero attached hydrogens (tertiary/aromatic N) is 3. The molecule has 1 aliphatic rings. The maximum absolute atomic E-state index is 5.61. The summed E-state index contributed by atoms with van der Waals surface area (Å²) in [5.41, 5.74) is 0.961. The van der Waals surface area contributed by atoms with Crippen LogP contribution in [0.15, 0.2) is 6.07 Å². The van der Waals surface area contributed by atoms with Gasteiger partial charge in [-0.15, -0.1) is 0 Å². The molecule has 18 heavy (non-hydrogen) atoms. The van der Waals surface area contributed by atoms with Crippen LogP contribution in [0.2, 0.25) is 0 Å². The molecule has 0 bridgehead atoms. The first-order valence-electron chi connectivity index (χ1n) is 6.73. The average Bonchev–Trinajstić information content (AvgIpc) is 2.64. The third-order valence-electron chi connectivity index (χ3n) is 2.90. The molecular formula is C13H22N4O. The van der Waals surface area contributed by atoms with Crippen molar-refractivity contribution in [3.8, 4) is 5.88 Å². The molecule has 1 aliphatic heterocycles. The molecule has 1 saturated heterocycles. The van der Waals surface area contributed by atoms with Crippen LogP contribution < -0.4 is 15.0 Å². The third kappa shape index (κ3) is 3.57. The number of aryl methyl sites for hydroxylation is 1. The molecule has 0 spiro atoms. The summed E-state index contributed by atoms with van der Waals surface area (Å²) in [6.07, 6.45) is 2.12. The molecule has 5 heteroatoms. The van der Waals surface area contributed by atoms with Crippen molar-refractivity contribution < 1.29 is 4.74 Å². The second kappa shape index (κ2) is 6.54. The van der Waals surface area contributed by atoms with Crippen LogP contribution in [0.4, 0.5) is 5.95 Å². The number of aromatic nitrogens is 2. The van der Waals surface area contributed by atoms with E-state index in [0.29, 0.717) is 12.5 Å². The summed E-state index contributed by atoms with van der Waals surface area (Å²) in [5, 5.41) is 3.38. The zero-order valence-electron chi connectivity index (χ0n) is 11.3. The van der Waals surface area contributed by atoms with Gasteiger partial charge in [-0.1, -0.05) is 6.92 Å². The molecule has 2 rings (SSSR count). The van der Waals surface area contributed by atoms with E-state index in [1.54, 1.807) is 0 Å². The van der Waals surface area contributed by atoms with Crippen molar-refractivity contribution in [2.45, 2.75) is 26.7 Å². The summed E-state index contributed by atoms with van der Waals surface area (Å²) < 4.78 is 5.61. The molecule has 1 aromatic rings. The molecule has 5 nitrogen and oxygen atoms in total. The van der Waals surface area contributed by atoms with Crippen molar-refractivity contribution in [3.63, 3.8) is 0 Å². The molecule has 1 aromatic heterocycles. The Labute approximate surface area is 109 Å². The summed E-state index contributed by atoms with van der Waals surface area (Å²) in [5.74, 6) is 1.49. The maximum atomic E-state index is 5.61. The van der Waals surface area contributed by atoms with Crippen molar-refractivity contribution in [1.29, 1.82) is 0 Å². The SMILES string of the molecule is CCCOc1cc(C)nc(N2CCCNCC2)n1. The average molecular weight is 250 g/mol. The molecule has 0 saturated carbocycles. The lowest BCUT2D eigenvalue weighted by Crippen LogP contribution is -2.29. The van der Waals surface area contributed by atoms with E-state index in [2.05, 4.69) is 27.1 Å². The minimum Gasteiger partial charge on any atom is -0.478 e. The largest absolute Gasteiger partial charge is 0.478 e. The van der Waals surface area contributed by atoms with Crippen LogP contribution in [-0.2, 0) is 0 Å². The fraction of sp³-hybridized carbons (Fsp3) is 0.692. The Kier molecular flexibility index (Phi) is 4.75. The smallest absolute Gasteiger partial charge is 0.228 e. The molecule has 2 heterocycles. The van der Waals surface area contributed by atoms with Gasteiger partial charge in [-0.2, -0.15) is 4.98 Å². The molecule has 0 amide bonds. The lowest BCUT2D eigenvalue weighted by atomic mass is 10.4. The molecule has 1 fully saturated rings. The van der Waals surface area contributed by atoms with Gasteiger partial charge in [0.2, 0.25) is 11.8 Å². The number of hydrogen-bond donors (Lipinski definition) is 1. The van der Waals surface area contributed by atoms with E-state index in [9.17, 15) is 0 Å². The van der Waals surface area contributed by atoms with Crippen LogP contribution in [0.5, 0.6) is 5.88 Å². The van der Waals surface area contributed by atoms with Crippen LogP contribution in [0.1, 0.15) is 25.5 Å². The van der Waals surface area contributed by atoms with Gasteiger partial charge in [0.25, 0.3) is 0 Å². The first kappa shape index (κ1) is 13.1. The van der Waals surface area contributed by atoms with E-state index in [0.717, 1.165) is 50.7 Å². The second-order valence-electron chi connectivity index (χ2n) is 4.59. The number of rotatable bonds is 4. The topological polar surface area (TPSA) is 50.3 Å². The number of nitrogens with one attached hydrogen (secondary N) is 1. The van der Waals surface area contributed by atoms with Crippen LogP contribution in [0.25, 0.3) is 0 Å². The van der Waals surface area contributed by atoms with Crippen LogP contribution in [0.3, 0.4) is 0 Å². The molecular weight excluding hydrogens is 228 g/mol. The first-order valence-corrected chi connectivity index (χ1v) is 6.73. The molecule has 0 atom stereocenters. The Morgan fingerprint density at radius 2 is 2.22 bits per heavy atom. The Bertz CT molecular complexity index is 375. The van der Waals surface area contributed by atoms with E-state index in [-0.39, 0.29) is 0 Å². The number of ether oxygens (including phenoxy) is 1. The Hall–Kier alpha value is -1.36. The monoisotopic (exact) mass is 250 g/mol. The van der Waals surface area contributed by atoms with Crippen LogP contribution in [-0.4, -0.2) is 42.8 Å². The predicted octanol–water partition coefficient (Wildman–Crippen LogP) is 1.37. The van der Waals surface area contributed by atoms with Crippen molar-refractivity contribution in [2.24, 2.45) is 0 Å². The van der Waals surface area contributed by atoms with Gasteiger partial charge in [-0.05, 0) is 26.3 Å². The van der Waals surface area contributed by atoms with Crippen molar-refractivity contribution in [1.82, 2.24) is 15.3 Å². The highest BCUT2D eigenvalue weighted by atomic mass is 16.5. The fourth-order valence-electron chi connectivity index (χ4n) is 1.99. The van der Waals surface area contributed by atoms with Gasteiger partial charge in [-0.25, -0.2) is 4.98 Å². The maximum Gasteiger partial charge on any atom is 0.228 e. The fourth-order valence-corrected chi connectivity index (χ4v) is 1.99. The third-order valence-corrected chi connectivity index (χ3v) is 2.90. The van der Waals surface area contributed by atoms with Crippen LogP contribution >= 0.6 is 0 Å². The summed E-state index contributed by atoms with van der Waals surface area (Å²) in [6.45, 7) is 8.80. The molecule has 0 unspecified atom stereocenters. The highest BCUT2D eigenvalue weighted by Crippen LogP contribution is 2.16. The zero-order chi connectivity index (χ0) is 12.8. The van der Waals surface area contributed by atoms with E-state index < -0.39 is 0 Å². The van der Waals surface area contributed by atoms with Gasteiger partial charge in [0.15, 0.2) is 0 Å². The Morgan fingerprint density at radius 3 is 3.06 bits per heavy atom. The van der Waals surface area contributed by atoms with Gasteiger partial charge >= 0.3 is 0 Å². The summed E-state index contributed by atoms with van der Waals surface area (Å²) in [4.78, 5) is 11.2. The van der Waals surface area contributed by atoms with Gasteiger partial charge in [0, 0.05) is 31.4 Å². The normalized spacial score (nSPS) is 16.4. The van der Waals surface area contributed by atoms with Gasteiger partial charge in [-0.3, -0.25) is 0 Å².